The second-order valence-electron chi connectivity index (χ2n) is 6.28. The molecule has 3 rings (SSSR count). The second-order valence-corrected chi connectivity index (χ2v) is 8.05. The molecule has 0 radical (unpaired) electrons. The van der Waals surface area contributed by atoms with Crippen molar-refractivity contribution >= 4 is 21.6 Å². The van der Waals surface area contributed by atoms with Gasteiger partial charge in [-0.05, 0) is 29.8 Å². The SMILES string of the molecule is COCCNS(=O)(=O)c1cccc(C(=O)Nc2ccccc2-c2ccccc2)c1. The predicted octanol–water partition coefficient (Wildman–Crippen LogP) is 3.53. The summed E-state index contributed by atoms with van der Waals surface area (Å²) in [6.07, 6.45) is 0. The van der Waals surface area contributed by atoms with Gasteiger partial charge in [-0.15, -0.1) is 0 Å². The molecule has 7 heteroatoms. The molecule has 0 aliphatic carbocycles. The van der Waals surface area contributed by atoms with Crippen LogP contribution < -0.4 is 10.0 Å². The van der Waals surface area contributed by atoms with E-state index < -0.39 is 10.0 Å². The number of para-hydroxylation sites is 1. The highest BCUT2D eigenvalue weighted by Crippen LogP contribution is 2.28. The van der Waals surface area contributed by atoms with Gasteiger partial charge in [0.05, 0.1) is 11.5 Å². The van der Waals surface area contributed by atoms with Gasteiger partial charge in [0.15, 0.2) is 0 Å². The van der Waals surface area contributed by atoms with Crippen LogP contribution in [0.3, 0.4) is 0 Å². The first-order valence-electron chi connectivity index (χ1n) is 9.06. The van der Waals surface area contributed by atoms with E-state index in [-0.39, 0.29) is 29.5 Å². The minimum absolute atomic E-state index is 0.0256. The van der Waals surface area contributed by atoms with E-state index in [4.69, 9.17) is 4.74 Å². The average molecular weight is 410 g/mol. The molecule has 0 aromatic heterocycles. The lowest BCUT2D eigenvalue weighted by molar-refractivity contribution is 0.102. The van der Waals surface area contributed by atoms with Crippen LogP contribution in [-0.4, -0.2) is 34.6 Å². The molecule has 0 fully saturated rings. The smallest absolute Gasteiger partial charge is 0.255 e. The Morgan fingerprint density at radius 2 is 1.66 bits per heavy atom. The Labute approximate surface area is 170 Å². The summed E-state index contributed by atoms with van der Waals surface area (Å²) in [5.41, 5.74) is 2.76. The molecule has 6 nitrogen and oxygen atoms in total. The lowest BCUT2D eigenvalue weighted by atomic mass is 10.0. The summed E-state index contributed by atoms with van der Waals surface area (Å²) in [4.78, 5) is 12.8. The number of methoxy groups -OCH3 is 1. The van der Waals surface area contributed by atoms with Crippen LogP contribution in [-0.2, 0) is 14.8 Å². The lowest BCUT2D eigenvalue weighted by Crippen LogP contribution is -2.27. The van der Waals surface area contributed by atoms with Crippen molar-refractivity contribution in [1.29, 1.82) is 0 Å². The molecule has 0 aliphatic heterocycles. The van der Waals surface area contributed by atoms with Gasteiger partial charge < -0.3 is 10.1 Å². The fourth-order valence-electron chi connectivity index (χ4n) is 2.82. The van der Waals surface area contributed by atoms with Crippen molar-refractivity contribution in [3.8, 4) is 11.1 Å². The van der Waals surface area contributed by atoms with Crippen molar-refractivity contribution in [3.63, 3.8) is 0 Å². The summed E-state index contributed by atoms with van der Waals surface area (Å²) in [5, 5.41) is 2.88. The van der Waals surface area contributed by atoms with Gasteiger partial charge in [0.25, 0.3) is 5.91 Å². The first-order valence-corrected chi connectivity index (χ1v) is 10.5. The van der Waals surface area contributed by atoms with Crippen molar-refractivity contribution in [2.45, 2.75) is 4.90 Å². The number of carbonyl (C=O) groups is 1. The third-order valence-corrected chi connectivity index (χ3v) is 5.72. The normalized spacial score (nSPS) is 11.2. The molecule has 0 bridgehead atoms. The fraction of sp³-hybridized carbons (Fsp3) is 0.136. The van der Waals surface area contributed by atoms with Crippen molar-refractivity contribution in [3.05, 3.63) is 84.4 Å². The molecule has 0 saturated carbocycles. The number of carbonyl (C=O) groups excluding carboxylic acids is 1. The second kappa shape index (κ2) is 9.47. The number of ether oxygens (including phenoxy) is 1. The maximum absolute atomic E-state index is 12.8. The molecule has 3 aromatic carbocycles. The largest absolute Gasteiger partial charge is 0.383 e. The van der Waals surface area contributed by atoms with Crippen LogP contribution in [0.1, 0.15) is 10.4 Å². The van der Waals surface area contributed by atoms with Crippen LogP contribution in [0.15, 0.2) is 83.8 Å². The third kappa shape index (κ3) is 5.29. The first kappa shape index (κ1) is 20.7. The lowest BCUT2D eigenvalue weighted by Gasteiger charge is -2.12. The summed E-state index contributed by atoms with van der Waals surface area (Å²) >= 11 is 0. The maximum Gasteiger partial charge on any atom is 0.255 e. The van der Waals surface area contributed by atoms with Gasteiger partial charge in [-0.1, -0.05) is 54.6 Å². The minimum Gasteiger partial charge on any atom is -0.383 e. The van der Waals surface area contributed by atoms with Crippen molar-refractivity contribution in [2.24, 2.45) is 0 Å². The quantitative estimate of drug-likeness (QED) is 0.557. The number of hydrogen-bond donors (Lipinski definition) is 2. The molecule has 0 heterocycles. The Bertz CT molecular complexity index is 1080. The Morgan fingerprint density at radius 1 is 0.931 bits per heavy atom. The van der Waals surface area contributed by atoms with Crippen LogP contribution in [0.2, 0.25) is 0 Å². The first-order chi connectivity index (χ1) is 14.0. The predicted molar refractivity (Wildman–Crippen MR) is 113 cm³/mol. The molecule has 1 amide bonds. The van der Waals surface area contributed by atoms with E-state index in [2.05, 4.69) is 10.0 Å². The molecule has 3 aromatic rings. The third-order valence-electron chi connectivity index (χ3n) is 4.26. The van der Waals surface area contributed by atoms with Gasteiger partial charge in [0.1, 0.15) is 0 Å². The van der Waals surface area contributed by atoms with Crippen molar-refractivity contribution < 1.29 is 17.9 Å². The molecule has 0 saturated heterocycles. The van der Waals surface area contributed by atoms with Crippen LogP contribution in [0.5, 0.6) is 0 Å². The van der Waals surface area contributed by atoms with Gasteiger partial charge in [0, 0.05) is 30.5 Å². The molecule has 0 atom stereocenters. The van der Waals surface area contributed by atoms with Crippen LogP contribution in [0.25, 0.3) is 11.1 Å². The summed E-state index contributed by atoms with van der Waals surface area (Å²) < 4.78 is 32.1. The van der Waals surface area contributed by atoms with Crippen molar-refractivity contribution in [1.82, 2.24) is 4.72 Å². The molecular formula is C22H22N2O4S. The monoisotopic (exact) mass is 410 g/mol. The van der Waals surface area contributed by atoms with Gasteiger partial charge >= 0.3 is 0 Å². The number of benzene rings is 3. The minimum atomic E-state index is -3.72. The fourth-order valence-corrected chi connectivity index (χ4v) is 3.88. The number of hydrogen-bond acceptors (Lipinski definition) is 4. The Kier molecular flexibility index (Phi) is 6.77. The standard InChI is InChI=1S/C22H22N2O4S/c1-28-15-14-23-29(26,27)19-11-7-10-18(16-19)22(25)24-21-13-6-5-12-20(21)17-8-3-2-4-9-17/h2-13,16,23H,14-15H2,1H3,(H,24,25). The van der Waals surface area contributed by atoms with Crippen LogP contribution >= 0.6 is 0 Å². The average Bonchev–Trinajstić information content (AvgIpc) is 2.75. The number of anilines is 1. The zero-order chi connectivity index (χ0) is 20.7. The van der Waals surface area contributed by atoms with Crippen LogP contribution in [0.4, 0.5) is 5.69 Å². The van der Waals surface area contributed by atoms with Gasteiger partial charge in [-0.25, -0.2) is 13.1 Å². The highest BCUT2D eigenvalue weighted by molar-refractivity contribution is 7.89. The van der Waals surface area contributed by atoms with E-state index in [0.29, 0.717) is 5.69 Å². The molecule has 0 unspecified atom stereocenters. The summed E-state index contributed by atoms with van der Waals surface area (Å²) in [7, 11) is -2.23. The number of sulfonamides is 1. The van der Waals surface area contributed by atoms with Gasteiger partial charge in [-0.3, -0.25) is 4.79 Å². The summed E-state index contributed by atoms with van der Waals surface area (Å²) in [6, 6.07) is 23.1. The zero-order valence-corrected chi connectivity index (χ0v) is 16.8. The molecule has 2 N–H and O–H groups in total. The number of amides is 1. The number of nitrogens with one attached hydrogen (secondary N) is 2. The van der Waals surface area contributed by atoms with E-state index >= 15 is 0 Å². The number of rotatable bonds is 8. The molecular weight excluding hydrogens is 388 g/mol. The Morgan fingerprint density at radius 3 is 2.41 bits per heavy atom. The summed E-state index contributed by atoms with van der Waals surface area (Å²) in [6.45, 7) is 0.412. The van der Waals surface area contributed by atoms with E-state index in [0.717, 1.165) is 11.1 Å². The molecule has 0 spiro atoms. The van der Waals surface area contributed by atoms with Gasteiger partial charge in [-0.2, -0.15) is 0 Å². The topological polar surface area (TPSA) is 84.5 Å². The highest BCUT2D eigenvalue weighted by Gasteiger charge is 2.16. The van der Waals surface area contributed by atoms with Crippen molar-refractivity contribution in [2.75, 3.05) is 25.6 Å². The van der Waals surface area contributed by atoms with Gasteiger partial charge in [0.2, 0.25) is 10.0 Å². The zero-order valence-electron chi connectivity index (χ0n) is 16.0. The van der Waals surface area contributed by atoms with E-state index in [1.54, 1.807) is 12.1 Å². The highest BCUT2D eigenvalue weighted by atomic mass is 32.2. The Balaban J connectivity index is 1.83. The molecule has 29 heavy (non-hydrogen) atoms. The van der Waals surface area contributed by atoms with E-state index in [1.807, 2.05) is 54.6 Å². The van der Waals surface area contributed by atoms with Crippen LogP contribution in [0, 0.1) is 0 Å². The van der Waals surface area contributed by atoms with E-state index in [1.165, 1.54) is 19.2 Å². The molecule has 150 valence electrons. The summed E-state index contributed by atoms with van der Waals surface area (Å²) in [5.74, 6) is -0.387. The maximum atomic E-state index is 12.8. The molecule has 0 aliphatic rings. The van der Waals surface area contributed by atoms with E-state index in [9.17, 15) is 13.2 Å². The Hall–Kier alpha value is -3.00.